The zero-order chi connectivity index (χ0) is 21.1. The highest BCUT2D eigenvalue weighted by molar-refractivity contribution is 7.89. The Bertz CT molecular complexity index is 1110. The second-order valence-electron chi connectivity index (χ2n) is 8.25. The maximum absolute atomic E-state index is 13.0. The van der Waals surface area contributed by atoms with Gasteiger partial charge in [-0.25, -0.2) is 18.1 Å². The molecular weight excluding hydrogens is 416 g/mol. The second-order valence-corrected chi connectivity index (χ2v) is 10.9. The fourth-order valence-electron chi connectivity index (χ4n) is 3.91. The van der Waals surface area contributed by atoms with Gasteiger partial charge in [-0.2, -0.15) is 0 Å². The Morgan fingerprint density at radius 1 is 1.27 bits per heavy atom. The summed E-state index contributed by atoms with van der Waals surface area (Å²) < 4.78 is 28.7. The quantitative estimate of drug-likeness (QED) is 0.596. The van der Waals surface area contributed by atoms with Gasteiger partial charge in [-0.05, 0) is 43.4 Å². The minimum Gasteiger partial charge on any atom is -0.296 e. The van der Waals surface area contributed by atoms with Gasteiger partial charge in [0.15, 0.2) is 0 Å². The van der Waals surface area contributed by atoms with E-state index in [9.17, 15) is 8.42 Å². The van der Waals surface area contributed by atoms with Crippen LogP contribution in [-0.4, -0.2) is 42.9 Å². The fraction of sp³-hybridized carbons (Fsp3) is 0.455. The lowest BCUT2D eigenvalue weighted by molar-refractivity contribution is 0.168. The molecule has 3 heterocycles. The van der Waals surface area contributed by atoms with Crippen molar-refractivity contribution < 1.29 is 8.42 Å². The lowest BCUT2D eigenvalue weighted by Gasteiger charge is -2.32. The first-order valence-electron chi connectivity index (χ1n) is 10.4. The number of fused-ring (bicyclic) bond motifs is 1. The van der Waals surface area contributed by atoms with E-state index in [0.29, 0.717) is 23.9 Å². The van der Waals surface area contributed by atoms with E-state index in [0.717, 1.165) is 48.6 Å². The van der Waals surface area contributed by atoms with Crippen molar-refractivity contribution in [2.45, 2.75) is 44.0 Å². The van der Waals surface area contributed by atoms with Crippen molar-refractivity contribution in [1.29, 1.82) is 0 Å². The van der Waals surface area contributed by atoms with Gasteiger partial charge in [-0.1, -0.05) is 32.0 Å². The number of pyridine rings is 1. The minimum atomic E-state index is -3.61. The van der Waals surface area contributed by atoms with Crippen molar-refractivity contribution in [2.75, 3.05) is 19.6 Å². The molecule has 1 aromatic carbocycles. The van der Waals surface area contributed by atoms with Crippen LogP contribution >= 0.6 is 11.3 Å². The molecule has 6 nitrogen and oxygen atoms in total. The van der Waals surface area contributed by atoms with Gasteiger partial charge in [0.1, 0.15) is 9.90 Å². The number of nitrogens with zero attached hydrogens (tertiary/aromatic N) is 3. The van der Waals surface area contributed by atoms with E-state index >= 15 is 0 Å². The predicted molar refractivity (Wildman–Crippen MR) is 121 cm³/mol. The second kappa shape index (κ2) is 9.09. The first-order chi connectivity index (χ1) is 14.4. The first-order valence-corrected chi connectivity index (χ1v) is 12.8. The van der Waals surface area contributed by atoms with Gasteiger partial charge in [0.25, 0.3) is 0 Å². The molecule has 1 fully saturated rings. The van der Waals surface area contributed by atoms with Gasteiger partial charge in [-0.3, -0.25) is 9.88 Å². The summed E-state index contributed by atoms with van der Waals surface area (Å²) in [6.07, 6.45) is 3.73. The van der Waals surface area contributed by atoms with Gasteiger partial charge in [0.05, 0.1) is 17.8 Å². The molecule has 0 unspecified atom stereocenters. The van der Waals surface area contributed by atoms with Crippen LogP contribution in [0.4, 0.5) is 0 Å². The third-order valence-corrected chi connectivity index (χ3v) is 7.88. The molecule has 1 atom stereocenters. The molecular formula is C22H28N4O2S2. The van der Waals surface area contributed by atoms with Crippen molar-refractivity contribution >= 4 is 32.3 Å². The number of benzene rings is 1. The molecule has 2 aromatic heterocycles. The van der Waals surface area contributed by atoms with Gasteiger partial charge in [0, 0.05) is 30.1 Å². The van der Waals surface area contributed by atoms with Crippen LogP contribution in [0.1, 0.15) is 43.3 Å². The summed E-state index contributed by atoms with van der Waals surface area (Å²) in [5.41, 5.74) is 1.67. The molecule has 0 aliphatic carbocycles. The lowest BCUT2D eigenvalue weighted by Crippen LogP contribution is -2.40. The number of hydrogen-bond acceptors (Lipinski definition) is 6. The summed E-state index contributed by atoms with van der Waals surface area (Å²) >= 11 is 1.72. The molecule has 1 N–H and O–H groups in total. The molecule has 0 spiro atoms. The number of para-hydroxylation sites is 1. The van der Waals surface area contributed by atoms with Crippen molar-refractivity contribution in [3.8, 4) is 0 Å². The summed E-state index contributed by atoms with van der Waals surface area (Å²) in [6, 6.07) is 8.96. The van der Waals surface area contributed by atoms with Crippen LogP contribution in [0.3, 0.4) is 0 Å². The number of thiazole rings is 1. The number of nitrogens with one attached hydrogen (secondary N) is 1. The molecule has 8 heteroatoms. The Labute approximate surface area is 182 Å². The van der Waals surface area contributed by atoms with E-state index in [1.54, 1.807) is 29.7 Å². The highest BCUT2D eigenvalue weighted by atomic mass is 32.2. The molecule has 0 bridgehead atoms. The van der Waals surface area contributed by atoms with Gasteiger partial charge < -0.3 is 0 Å². The normalized spacial score (nSPS) is 18.3. The Balaban J connectivity index is 1.39. The van der Waals surface area contributed by atoms with E-state index in [2.05, 4.69) is 33.8 Å². The van der Waals surface area contributed by atoms with Gasteiger partial charge in [0.2, 0.25) is 10.0 Å². The number of rotatable bonds is 7. The number of likely N-dealkylation sites (tertiary alicyclic amines) is 1. The zero-order valence-corrected chi connectivity index (χ0v) is 19.0. The Kier molecular flexibility index (Phi) is 6.48. The van der Waals surface area contributed by atoms with Crippen LogP contribution in [0.5, 0.6) is 0 Å². The van der Waals surface area contributed by atoms with Crippen LogP contribution in [-0.2, 0) is 16.6 Å². The summed E-state index contributed by atoms with van der Waals surface area (Å²) in [4.78, 5) is 11.7. The van der Waals surface area contributed by atoms with Crippen LogP contribution in [0.2, 0.25) is 0 Å². The summed E-state index contributed by atoms with van der Waals surface area (Å²) in [5, 5.41) is 4.11. The SMILES string of the molecule is CC(C)c1csc(CN2CCC[C@@H](CNS(=O)(=O)c3cccc4cccnc34)C2)n1. The van der Waals surface area contributed by atoms with Crippen molar-refractivity contribution in [3.63, 3.8) is 0 Å². The Hall–Kier alpha value is -1.87. The first kappa shape index (κ1) is 21.4. The lowest BCUT2D eigenvalue weighted by atomic mass is 9.98. The monoisotopic (exact) mass is 444 g/mol. The van der Waals surface area contributed by atoms with E-state index in [1.807, 2.05) is 18.2 Å². The number of hydrogen-bond donors (Lipinski definition) is 1. The van der Waals surface area contributed by atoms with Crippen molar-refractivity contribution in [1.82, 2.24) is 19.6 Å². The number of aromatic nitrogens is 2. The van der Waals surface area contributed by atoms with Crippen LogP contribution < -0.4 is 4.72 Å². The average molecular weight is 445 g/mol. The molecule has 160 valence electrons. The zero-order valence-electron chi connectivity index (χ0n) is 17.4. The average Bonchev–Trinajstić information content (AvgIpc) is 3.21. The molecule has 4 rings (SSSR count). The molecule has 1 saturated heterocycles. The van der Waals surface area contributed by atoms with E-state index in [-0.39, 0.29) is 4.90 Å². The third-order valence-electron chi connectivity index (χ3n) is 5.57. The molecule has 0 saturated carbocycles. The number of sulfonamides is 1. The van der Waals surface area contributed by atoms with E-state index in [1.165, 1.54) is 0 Å². The molecule has 30 heavy (non-hydrogen) atoms. The molecule has 3 aromatic rings. The van der Waals surface area contributed by atoms with Crippen LogP contribution in [0, 0.1) is 5.92 Å². The number of piperidine rings is 1. The van der Waals surface area contributed by atoms with Crippen molar-refractivity contribution in [3.05, 3.63) is 52.6 Å². The molecule has 0 radical (unpaired) electrons. The smallest absolute Gasteiger partial charge is 0.242 e. The molecule has 0 amide bonds. The largest absolute Gasteiger partial charge is 0.296 e. The fourth-order valence-corrected chi connectivity index (χ4v) is 6.20. The van der Waals surface area contributed by atoms with Gasteiger partial charge >= 0.3 is 0 Å². The third kappa shape index (κ3) is 4.88. The minimum absolute atomic E-state index is 0.247. The standard InChI is InChI=1S/C22H28N4O2S2/c1-16(2)19-15-29-21(25-19)14-26-11-5-6-17(13-26)12-24-30(27,28)20-9-3-7-18-8-4-10-23-22(18)20/h3-4,7-10,15-17,24H,5-6,11-14H2,1-2H3/t17-/m0/s1. The van der Waals surface area contributed by atoms with Crippen molar-refractivity contribution in [2.24, 2.45) is 5.92 Å². The van der Waals surface area contributed by atoms with Crippen LogP contribution in [0.25, 0.3) is 10.9 Å². The summed E-state index contributed by atoms with van der Waals surface area (Å²) in [6.45, 7) is 7.52. The maximum Gasteiger partial charge on any atom is 0.242 e. The van der Waals surface area contributed by atoms with E-state index < -0.39 is 10.0 Å². The van der Waals surface area contributed by atoms with Gasteiger partial charge in [-0.15, -0.1) is 11.3 Å². The maximum atomic E-state index is 13.0. The molecule has 1 aliphatic rings. The Morgan fingerprint density at radius 3 is 2.90 bits per heavy atom. The topological polar surface area (TPSA) is 75.2 Å². The molecule has 1 aliphatic heterocycles. The van der Waals surface area contributed by atoms with E-state index in [4.69, 9.17) is 4.98 Å². The highest BCUT2D eigenvalue weighted by Crippen LogP contribution is 2.24. The summed E-state index contributed by atoms with van der Waals surface area (Å²) in [7, 11) is -3.61. The Morgan fingerprint density at radius 2 is 2.10 bits per heavy atom. The summed E-state index contributed by atoms with van der Waals surface area (Å²) in [5.74, 6) is 0.739. The highest BCUT2D eigenvalue weighted by Gasteiger charge is 2.24. The predicted octanol–water partition coefficient (Wildman–Crippen LogP) is 4.01. The van der Waals surface area contributed by atoms with Crippen LogP contribution in [0.15, 0.2) is 46.8 Å².